The Morgan fingerprint density at radius 3 is 2.54 bits per heavy atom. The van der Waals surface area contributed by atoms with Crippen molar-refractivity contribution in [3.8, 4) is 17.9 Å². The van der Waals surface area contributed by atoms with E-state index in [1.165, 1.54) is 6.26 Å². The molecule has 0 bridgehead atoms. The van der Waals surface area contributed by atoms with Crippen molar-refractivity contribution in [2.45, 2.75) is 18.5 Å². The van der Waals surface area contributed by atoms with Gasteiger partial charge >= 0.3 is 0 Å². The Kier molecular flexibility index (Phi) is 6.20. The molecule has 2 atom stereocenters. The van der Waals surface area contributed by atoms with Gasteiger partial charge in [-0.3, -0.25) is 10.1 Å². The van der Waals surface area contributed by atoms with Gasteiger partial charge in [0.05, 0.1) is 36.5 Å². The number of pyridine rings is 1. The fourth-order valence-electron chi connectivity index (χ4n) is 5.31. The summed E-state index contributed by atoms with van der Waals surface area (Å²) in [5.74, 6) is -0.0970. The van der Waals surface area contributed by atoms with Gasteiger partial charge in [0, 0.05) is 25.8 Å². The zero-order valence-corrected chi connectivity index (χ0v) is 20.5. The summed E-state index contributed by atoms with van der Waals surface area (Å²) in [6.07, 6.45) is 3.01. The van der Waals surface area contributed by atoms with Crippen LogP contribution in [-0.4, -0.2) is 39.9 Å². The zero-order chi connectivity index (χ0) is 26.2. The molecule has 3 aromatic rings. The van der Waals surface area contributed by atoms with Gasteiger partial charge in [-0.15, -0.1) is 0 Å². The van der Waals surface area contributed by atoms with Crippen LogP contribution in [0.3, 0.4) is 0 Å². The minimum Gasteiger partial charge on any atom is -0.497 e. The van der Waals surface area contributed by atoms with Crippen LogP contribution in [0.1, 0.15) is 28.8 Å². The maximum atomic E-state index is 12.7. The lowest BCUT2D eigenvalue weighted by Gasteiger charge is -2.45. The second-order valence-corrected chi connectivity index (χ2v) is 9.17. The Balaban J connectivity index is 1.74. The maximum absolute atomic E-state index is 12.7. The van der Waals surface area contributed by atoms with Crippen LogP contribution >= 0.6 is 11.6 Å². The summed E-state index contributed by atoms with van der Waals surface area (Å²) in [6, 6.07) is 17.2. The number of ether oxygens (including phenoxy) is 1. The highest BCUT2D eigenvalue weighted by Gasteiger charge is 2.63. The number of aromatic nitrogens is 1. The maximum Gasteiger partial charge on any atom is 0.299 e. The normalized spacial score (nSPS) is 20.2. The van der Waals surface area contributed by atoms with Crippen molar-refractivity contribution in [3.05, 3.63) is 105 Å². The molecule has 1 aromatic carbocycles. The van der Waals surface area contributed by atoms with E-state index in [0.717, 1.165) is 5.56 Å². The van der Waals surface area contributed by atoms with E-state index in [0.29, 0.717) is 41.9 Å². The van der Waals surface area contributed by atoms with Crippen molar-refractivity contribution >= 4 is 11.6 Å². The number of nitriles is 2. The second-order valence-electron chi connectivity index (χ2n) is 8.79. The standard InChI is InChI=1S/C26H21ClN6O4/c1-36-19-7-5-18(6-8-19)24-26(15-28,16-29)22(20-3-2-12-37-20)23(33(34)35)25-31(10-11-32(24)25)14-17-4-9-21(27)30-13-17/h2-9,12-13,22,24H,10-11,14H2,1H3. The molecule has 2 unspecified atom stereocenters. The highest BCUT2D eigenvalue weighted by Crippen LogP contribution is 2.58. The van der Waals surface area contributed by atoms with Gasteiger partial charge in [0.1, 0.15) is 22.6 Å². The first-order chi connectivity index (χ1) is 17.9. The Bertz CT molecular complexity index is 1410. The lowest BCUT2D eigenvalue weighted by atomic mass is 9.65. The number of benzene rings is 1. The predicted molar refractivity (Wildman–Crippen MR) is 131 cm³/mol. The molecule has 0 aliphatic carbocycles. The number of allylic oxidation sites excluding steroid dienone is 1. The molecule has 0 amide bonds. The van der Waals surface area contributed by atoms with Crippen molar-refractivity contribution in [1.82, 2.24) is 14.8 Å². The number of fused-ring (bicyclic) bond motifs is 1. The van der Waals surface area contributed by atoms with Crippen molar-refractivity contribution in [3.63, 3.8) is 0 Å². The topological polar surface area (TPSA) is 132 Å². The fourth-order valence-corrected chi connectivity index (χ4v) is 5.42. The van der Waals surface area contributed by atoms with Gasteiger partial charge in [-0.1, -0.05) is 29.8 Å². The summed E-state index contributed by atoms with van der Waals surface area (Å²) in [4.78, 5) is 20.0. The van der Waals surface area contributed by atoms with E-state index in [1.54, 1.807) is 60.7 Å². The van der Waals surface area contributed by atoms with Gasteiger partial charge in [0.25, 0.3) is 5.70 Å². The van der Waals surface area contributed by atoms with Crippen LogP contribution in [0.4, 0.5) is 0 Å². The van der Waals surface area contributed by atoms with Crippen molar-refractivity contribution in [1.29, 1.82) is 10.5 Å². The van der Waals surface area contributed by atoms with Gasteiger partial charge in [-0.2, -0.15) is 10.5 Å². The quantitative estimate of drug-likeness (QED) is 0.264. The third-order valence-corrected chi connectivity index (χ3v) is 7.09. The molecule has 11 heteroatoms. The SMILES string of the molecule is COc1ccc(C2N3CCN(Cc4ccc(Cl)nc4)C3=C([N+](=O)[O-])C(c3ccco3)C2(C#N)C#N)cc1. The van der Waals surface area contributed by atoms with Crippen molar-refractivity contribution in [2.24, 2.45) is 5.41 Å². The Morgan fingerprint density at radius 1 is 1.22 bits per heavy atom. The lowest BCUT2D eigenvalue weighted by Crippen LogP contribution is -2.49. The van der Waals surface area contributed by atoms with E-state index in [4.69, 9.17) is 20.8 Å². The minimum absolute atomic E-state index is 0.181. The minimum atomic E-state index is -1.85. The Labute approximate surface area is 217 Å². The van der Waals surface area contributed by atoms with Crippen LogP contribution in [0.25, 0.3) is 0 Å². The summed E-state index contributed by atoms with van der Waals surface area (Å²) in [6.45, 7) is 1.15. The van der Waals surface area contributed by atoms with E-state index in [1.807, 2.05) is 11.0 Å². The molecule has 186 valence electrons. The molecule has 0 N–H and O–H groups in total. The molecule has 0 radical (unpaired) electrons. The van der Waals surface area contributed by atoms with E-state index < -0.39 is 22.3 Å². The molecule has 1 saturated heterocycles. The number of hydrogen-bond acceptors (Lipinski definition) is 9. The smallest absolute Gasteiger partial charge is 0.299 e. The number of nitro groups is 1. The van der Waals surface area contributed by atoms with Gasteiger partial charge in [0.2, 0.25) is 0 Å². The Hall–Kier alpha value is -4.54. The van der Waals surface area contributed by atoms with Gasteiger partial charge in [-0.05, 0) is 41.5 Å². The molecule has 2 aromatic heterocycles. The molecule has 37 heavy (non-hydrogen) atoms. The zero-order valence-electron chi connectivity index (χ0n) is 19.7. The summed E-state index contributed by atoms with van der Waals surface area (Å²) in [7, 11) is 1.55. The van der Waals surface area contributed by atoms with Crippen LogP contribution in [0.15, 0.2) is 76.9 Å². The molecule has 10 nitrogen and oxygen atoms in total. The summed E-state index contributed by atoms with van der Waals surface area (Å²) >= 11 is 5.94. The average molecular weight is 517 g/mol. The Morgan fingerprint density at radius 2 is 1.97 bits per heavy atom. The first-order valence-electron chi connectivity index (χ1n) is 11.4. The molecule has 0 spiro atoms. The number of rotatable bonds is 6. The first-order valence-corrected chi connectivity index (χ1v) is 11.8. The third-order valence-electron chi connectivity index (χ3n) is 6.87. The molecule has 0 saturated carbocycles. The van der Waals surface area contributed by atoms with E-state index >= 15 is 0 Å². The van der Waals surface area contributed by atoms with Crippen LogP contribution < -0.4 is 4.74 Å². The second kappa shape index (κ2) is 9.49. The van der Waals surface area contributed by atoms with Crippen LogP contribution in [0.2, 0.25) is 5.15 Å². The van der Waals surface area contributed by atoms with Crippen molar-refractivity contribution in [2.75, 3.05) is 20.2 Å². The first kappa shape index (κ1) is 24.2. The number of halogens is 1. The monoisotopic (exact) mass is 516 g/mol. The van der Waals surface area contributed by atoms with E-state index in [-0.39, 0.29) is 11.5 Å². The van der Waals surface area contributed by atoms with Crippen LogP contribution in [0, 0.1) is 38.2 Å². The van der Waals surface area contributed by atoms with Gasteiger partial charge < -0.3 is 19.0 Å². The number of nitrogens with zero attached hydrogens (tertiary/aromatic N) is 6. The molecule has 5 rings (SSSR count). The number of hydrogen-bond donors (Lipinski definition) is 0. The molecule has 2 aliphatic heterocycles. The molecular formula is C26H21ClN6O4. The molecule has 4 heterocycles. The van der Waals surface area contributed by atoms with Gasteiger partial charge in [-0.25, -0.2) is 4.98 Å². The number of methoxy groups -OCH3 is 1. The van der Waals surface area contributed by atoms with Crippen LogP contribution in [0.5, 0.6) is 5.75 Å². The predicted octanol–water partition coefficient (Wildman–Crippen LogP) is 4.47. The highest BCUT2D eigenvalue weighted by molar-refractivity contribution is 6.29. The largest absolute Gasteiger partial charge is 0.497 e. The number of furan rings is 1. The molecular weight excluding hydrogens is 496 g/mol. The fraction of sp³-hybridized carbons (Fsp3) is 0.269. The summed E-state index contributed by atoms with van der Waals surface area (Å²) in [5, 5.41) is 34.1. The van der Waals surface area contributed by atoms with E-state index in [9.17, 15) is 20.6 Å². The van der Waals surface area contributed by atoms with Crippen LogP contribution in [-0.2, 0) is 6.54 Å². The lowest BCUT2D eigenvalue weighted by molar-refractivity contribution is -0.438. The molecule has 2 aliphatic rings. The molecule has 1 fully saturated rings. The summed E-state index contributed by atoms with van der Waals surface area (Å²) in [5.41, 5.74) is -0.622. The van der Waals surface area contributed by atoms with Gasteiger partial charge in [0.15, 0.2) is 11.2 Å². The van der Waals surface area contributed by atoms with E-state index in [2.05, 4.69) is 17.1 Å². The highest BCUT2D eigenvalue weighted by atomic mass is 35.5. The van der Waals surface area contributed by atoms with Crippen molar-refractivity contribution < 1.29 is 14.1 Å². The third kappa shape index (κ3) is 3.92. The average Bonchev–Trinajstić information content (AvgIpc) is 3.59. The summed E-state index contributed by atoms with van der Waals surface area (Å²) < 4.78 is 10.9.